The van der Waals surface area contributed by atoms with Crippen molar-refractivity contribution < 1.29 is 48.0 Å². The van der Waals surface area contributed by atoms with Crippen molar-refractivity contribution in [3.05, 3.63) is 34.2 Å². The predicted octanol–water partition coefficient (Wildman–Crippen LogP) is 0.352. The van der Waals surface area contributed by atoms with Crippen LogP contribution in [0.5, 0.6) is 5.75 Å². The van der Waals surface area contributed by atoms with Gasteiger partial charge in [0.05, 0.1) is 35.6 Å². The smallest absolute Gasteiger partial charge is 0.336 e. The average molecular weight is 653 g/mol. The van der Waals surface area contributed by atoms with E-state index >= 15 is 0 Å². The first-order valence-corrected chi connectivity index (χ1v) is 15.4. The van der Waals surface area contributed by atoms with E-state index in [1.165, 1.54) is 10.4 Å². The number of fused-ring (bicyclic) bond motifs is 1. The minimum Gasteiger partial charge on any atom is -0.493 e. The first-order chi connectivity index (χ1) is 21.1. The Hall–Kier alpha value is -4.39. The summed E-state index contributed by atoms with van der Waals surface area (Å²) in [6.07, 6.45) is -0.726. The number of aromatic amines is 2. The van der Waals surface area contributed by atoms with Crippen molar-refractivity contribution in [1.29, 1.82) is 0 Å². The maximum Gasteiger partial charge on any atom is 0.336 e. The van der Waals surface area contributed by atoms with Crippen LogP contribution in [-0.2, 0) is 30.8 Å². The van der Waals surface area contributed by atoms with E-state index < -0.39 is 51.9 Å². The van der Waals surface area contributed by atoms with Crippen LogP contribution in [0.25, 0.3) is 22.4 Å². The van der Waals surface area contributed by atoms with Crippen LogP contribution in [0, 0.1) is 0 Å². The van der Waals surface area contributed by atoms with E-state index in [0.29, 0.717) is 56.0 Å². The van der Waals surface area contributed by atoms with Crippen molar-refractivity contribution in [2.75, 3.05) is 39.8 Å². The molecule has 3 heterocycles. The molecule has 17 nitrogen and oxygen atoms in total. The van der Waals surface area contributed by atoms with Crippen LogP contribution in [0.2, 0.25) is 0 Å². The number of aliphatic hydroxyl groups is 1. The number of carbonyl (C=O) groups is 3. The topological polar surface area (TPSA) is 256 Å². The third kappa shape index (κ3) is 8.41. The van der Waals surface area contributed by atoms with Crippen molar-refractivity contribution in [3.8, 4) is 17.1 Å². The van der Waals surface area contributed by atoms with Crippen molar-refractivity contribution in [2.24, 2.45) is 0 Å². The highest BCUT2D eigenvalue weighted by atomic mass is 32.2. The summed E-state index contributed by atoms with van der Waals surface area (Å²) < 4.78 is 33.8. The van der Waals surface area contributed by atoms with Gasteiger partial charge in [-0.05, 0) is 38.6 Å². The summed E-state index contributed by atoms with van der Waals surface area (Å²) in [5.41, 5.74) is -1.22. The molecule has 0 amide bonds. The van der Waals surface area contributed by atoms with Gasteiger partial charge in [0.15, 0.2) is 11.1 Å². The van der Waals surface area contributed by atoms with Crippen molar-refractivity contribution in [3.63, 3.8) is 0 Å². The van der Waals surface area contributed by atoms with Gasteiger partial charge in [0.25, 0.3) is 5.56 Å². The molecule has 1 fully saturated rings. The number of nitrogens with one attached hydrogen (secondary N) is 2. The fourth-order valence-corrected chi connectivity index (χ4v) is 5.99. The van der Waals surface area contributed by atoms with E-state index in [1.807, 2.05) is 20.9 Å². The molecule has 0 atom stereocenters. The van der Waals surface area contributed by atoms with Gasteiger partial charge in [-0.2, -0.15) is 9.40 Å². The molecule has 4 rings (SSSR count). The minimum absolute atomic E-state index is 0.143. The number of aryl methyl sites for hydroxylation is 1. The number of aromatic nitrogens is 4. The molecule has 1 saturated heterocycles. The van der Waals surface area contributed by atoms with Crippen LogP contribution < -0.4 is 10.3 Å². The SMILES string of the molecule is CCCc1[nH]nc2c(=O)[nH]c(-c3cc(S(=O)(=O)N4CCN(C)CC4)ccc3OCC)nc12.O=C(O)CC(O)(CC(=O)O)C(=O)O. The Labute approximate surface area is 257 Å². The van der Waals surface area contributed by atoms with Crippen LogP contribution in [0.3, 0.4) is 0 Å². The molecule has 2 aromatic heterocycles. The van der Waals surface area contributed by atoms with E-state index in [1.54, 1.807) is 12.1 Å². The average Bonchev–Trinajstić information content (AvgIpc) is 3.36. The summed E-state index contributed by atoms with van der Waals surface area (Å²) in [5.74, 6) is -4.32. The van der Waals surface area contributed by atoms with Gasteiger partial charge in [0, 0.05) is 26.2 Å². The lowest BCUT2D eigenvalue weighted by Crippen LogP contribution is -2.47. The van der Waals surface area contributed by atoms with Gasteiger partial charge in [-0.15, -0.1) is 0 Å². The number of hydrogen-bond acceptors (Lipinski definition) is 11. The van der Waals surface area contributed by atoms with Crippen molar-refractivity contribution in [1.82, 2.24) is 29.4 Å². The second-order valence-electron chi connectivity index (χ2n) is 10.3. The van der Waals surface area contributed by atoms with Crippen molar-refractivity contribution >= 4 is 39.0 Å². The molecule has 18 heteroatoms. The number of aliphatic carboxylic acids is 3. The van der Waals surface area contributed by atoms with Crippen LogP contribution in [0.4, 0.5) is 0 Å². The van der Waals surface area contributed by atoms with Gasteiger partial charge < -0.3 is 35.0 Å². The van der Waals surface area contributed by atoms with Crippen molar-refractivity contribution in [2.45, 2.75) is 50.0 Å². The number of nitrogens with zero attached hydrogens (tertiary/aromatic N) is 4. The zero-order valence-electron chi connectivity index (χ0n) is 24.9. The highest BCUT2D eigenvalue weighted by Gasteiger charge is 2.40. The molecule has 246 valence electrons. The second kappa shape index (κ2) is 14.6. The maximum atomic E-state index is 13.3. The lowest BCUT2D eigenvalue weighted by atomic mass is 9.96. The number of H-pyrrole nitrogens is 2. The lowest BCUT2D eigenvalue weighted by molar-refractivity contribution is -0.170. The molecule has 1 aliphatic heterocycles. The molecule has 0 radical (unpaired) electrons. The Morgan fingerprint density at radius 2 is 1.64 bits per heavy atom. The van der Waals surface area contributed by atoms with E-state index in [2.05, 4.69) is 25.1 Å². The normalized spacial score (nSPS) is 14.5. The molecule has 0 bridgehead atoms. The Kier molecular flexibility index (Phi) is 11.4. The van der Waals surface area contributed by atoms with Gasteiger partial charge in [-0.3, -0.25) is 19.5 Å². The van der Waals surface area contributed by atoms with Gasteiger partial charge in [-0.25, -0.2) is 18.2 Å². The predicted molar refractivity (Wildman–Crippen MR) is 158 cm³/mol. The Balaban J connectivity index is 0.000000360. The highest BCUT2D eigenvalue weighted by molar-refractivity contribution is 7.89. The van der Waals surface area contributed by atoms with Crippen LogP contribution in [-0.4, -0.2) is 122 Å². The highest BCUT2D eigenvalue weighted by Crippen LogP contribution is 2.32. The molecule has 0 unspecified atom stereocenters. The number of benzene rings is 1. The molecule has 45 heavy (non-hydrogen) atoms. The first kappa shape index (κ1) is 35.1. The second-order valence-corrected chi connectivity index (χ2v) is 12.3. The first-order valence-electron chi connectivity index (χ1n) is 14.0. The molecule has 0 spiro atoms. The fourth-order valence-electron chi connectivity index (χ4n) is 4.54. The van der Waals surface area contributed by atoms with Gasteiger partial charge >= 0.3 is 17.9 Å². The summed E-state index contributed by atoms with van der Waals surface area (Å²) in [6.45, 7) is 6.46. The molecule has 6 N–H and O–H groups in total. The Morgan fingerprint density at radius 3 is 2.18 bits per heavy atom. The van der Waals surface area contributed by atoms with E-state index in [0.717, 1.165) is 12.1 Å². The third-order valence-corrected chi connectivity index (χ3v) is 8.77. The quantitative estimate of drug-likeness (QED) is 0.154. The van der Waals surface area contributed by atoms with Gasteiger partial charge in [-0.1, -0.05) is 13.3 Å². The molecular weight excluding hydrogens is 616 g/mol. The van der Waals surface area contributed by atoms with Crippen LogP contribution >= 0.6 is 0 Å². The van der Waals surface area contributed by atoms with E-state index in [-0.39, 0.29) is 16.2 Å². The lowest BCUT2D eigenvalue weighted by Gasteiger charge is -2.31. The third-order valence-electron chi connectivity index (χ3n) is 6.87. The summed E-state index contributed by atoms with van der Waals surface area (Å²) >= 11 is 0. The number of ether oxygens (including phenoxy) is 1. The van der Waals surface area contributed by atoms with Gasteiger partial charge in [0.1, 0.15) is 17.1 Å². The number of piperazine rings is 1. The molecular formula is C27H36N6O11S. The largest absolute Gasteiger partial charge is 0.493 e. The van der Waals surface area contributed by atoms with E-state index in [4.69, 9.17) is 25.2 Å². The fraction of sp³-hybridized carbons (Fsp3) is 0.481. The summed E-state index contributed by atoms with van der Waals surface area (Å²) in [4.78, 5) is 52.8. The van der Waals surface area contributed by atoms with Crippen LogP contribution in [0.15, 0.2) is 27.9 Å². The Bertz CT molecular complexity index is 1700. The molecule has 1 aromatic carbocycles. The summed E-state index contributed by atoms with van der Waals surface area (Å²) in [7, 11) is -1.72. The monoisotopic (exact) mass is 652 g/mol. The summed E-state index contributed by atoms with van der Waals surface area (Å²) in [6, 6.07) is 4.69. The standard InChI is InChI=1S/C21H28N6O4S.C6H8O7/c1-4-6-16-18-19(25-24-16)21(28)23-20(22-18)15-13-14(7-8-17(15)31-5-2)32(29,30)27-11-9-26(3)10-12-27;7-3(8)1-6(13,5(11)12)2-4(9)10/h7-8,13H,4-6,9-12H2,1-3H3,(H,24,25)(H,22,23,28);13H,1-2H2,(H,7,8)(H,9,10)(H,11,12). The number of carboxylic acid groups (broad SMARTS) is 3. The number of sulfonamides is 1. The summed E-state index contributed by atoms with van der Waals surface area (Å²) in [5, 5.41) is 40.8. The van der Waals surface area contributed by atoms with Gasteiger partial charge in [0.2, 0.25) is 10.0 Å². The number of rotatable bonds is 12. The van der Waals surface area contributed by atoms with Crippen LogP contribution in [0.1, 0.15) is 38.8 Å². The zero-order valence-corrected chi connectivity index (χ0v) is 25.8. The Morgan fingerprint density at radius 1 is 1.02 bits per heavy atom. The molecule has 1 aliphatic rings. The van der Waals surface area contributed by atoms with E-state index in [9.17, 15) is 27.6 Å². The molecule has 0 aliphatic carbocycles. The minimum atomic E-state index is -3.69. The molecule has 3 aromatic rings. The number of carboxylic acids is 3. The molecule has 0 saturated carbocycles. The zero-order chi connectivity index (χ0) is 33.5. The number of hydrogen-bond donors (Lipinski definition) is 6. The maximum absolute atomic E-state index is 13.3. The number of likely N-dealkylation sites (N-methyl/N-ethyl adjacent to an activating group) is 1.